The van der Waals surface area contributed by atoms with Crippen molar-refractivity contribution in [3.8, 4) is 0 Å². The number of carbonyl (C=O) groups excluding carboxylic acids is 2. The molecular weight excluding hydrogens is 544 g/mol. The highest BCUT2D eigenvalue weighted by molar-refractivity contribution is 5.73. The lowest BCUT2D eigenvalue weighted by atomic mass is 9.88. The second-order valence-electron chi connectivity index (χ2n) is 11.5. The van der Waals surface area contributed by atoms with Gasteiger partial charge in [-0.2, -0.15) is 0 Å². The quantitative estimate of drug-likeness (QED) is 0.0657. The molecule has 4 heteroatoms. The molecule has 4 aromatic carbocycles. The topological polar surface area (TPSA) is 52.6 Å². The summed E-state index contributed by atoms with van der Waals surface area (Å²) in [6.45, 7) is 2.22. The van der Waals surface area contributed by atoms with Gasteiger partial charge in [0.1, 0.15) is 0 Å². The van der Waals surface area contributed by atoms with Gasteiger partial charge < -0.3 is 9.47 Å². The molecule has 0 fully saturated rings. The average Bonchev–Trinajstić information content (AvgIpc) is 3.07. The van der Waals surface area contributed by atoms with Crippen molar-refractivity contribution < 1.29 is 19.1 Å². The standard InChI is InChI=1S/C40H46O4/c1-2-3-4-5-6-7-20-29-40(43-38(41)30-36(32-21-12-8-13-22-32)33-23-14-9-15-24-33)44-39(42)31-37(34-25-16-10-17-26-34)35-27-18-11-19-28-35/h8-19,21-28,36-37,40H,2-7,20,29-31H2,1H3. The van der Waals surface area contributed by atoms with E-state index in [0.29, 0.717) is 6.42 Å². The normalized spacial score (nSPS) is 11.2. The Morgan fingerprint density at radius 1 is 0.477 bits per heavy atom. The van der Waals surface area contributed by atoms with Crippen molar-refractivity contribution in [3.05, 3.63) is 144 Å². The van der Waals surface area contributed by atoms with Gasteiger partial charge in [-0.15, -0.1) is 0 Å². The Morgan fingerprint density at radius 2 is 0.795 bits per heavy atom. The maximum absolute atomic E-state index is 13.5. The molecule has 0 radical (unpaired) electrons. The molecule has 0 spiro atoms. The Morgan fingerprint density at radius 3 is 1.14 bits per heavy atom. The first-order chi connectivity index (χ1) is 21.6. The fraction of sp³-hybridized carbons (Fsp3) is 0.350. The molecule has 0 heterocycles. The highest BCUT2D eigenvalue weighted by Gasteiger charge is 2.26. The predicted octanol–water partition coefficient (Wildman–Crippen LogP) is 9.98. The van der Waals surface area contributed by atoms with Crippen LogP contribution in [0.4, 0.5) is 0 Å². The van der Waals surface area contributed by atoms with Crippen molar-refractivity contribution in [2.24, 2.45) is 0 Å². The highest BCUT2D eigenvalue weighted by atomic mass is 16.7. The number of hydrogen-bond donors (Lipinski definition) is 0. The Hall–Kier alpha value is -4.18. The lowest BCUT2D eigenvalue weighted by Crippen LogP contribution is -2.26. The third-order valence-corrected chi connectivity index (χ3v) is 8.12. The Kier molecular flexibility index (Phi) is 13.7. The van der Waals surface area contributed by atoms with Crippen LogP contribution in [0.5, 0.6) is 0 Å². The van der Waals surface area contributed by atoms with E-state index >= 15 is 0 Å². The maximum Gasteiger partial charge on any atom is 0.309 e. The van der Waals surface area contributed by atoms with Gasteiger partial charge in [0.15, 0.2) is 0 Å². The number of hydrogen-bond acceptors (Lipinski definition) is 4. The van der Waals surface area contributed by atoms with Gasteiger partial charge >= 0.3 is 11.9 Å². The lowest BCUT2D eigenvalue weighted by Gasteiger charge is -2.23. The molecule has 0 aliphatic rings. The minimum absolute atomic E-state index is 0.152. The smallest absolute Gasteiger partial charge is 0.309 e. The molecule has 0 aromatic heterocycles. The molecule has 4 aromatic rings. The van der Waals surface area contributed by atoms with E-state index in [-0.39, 0.29) is 36.6 Å². The SMILES string of the molecule is CCCCCCCCCC(OC(=O)CC(c1ccccc1)c1ccccc1)OC(=O)CC(c1ccccc1)c1ccccc1. The van der Waals surface area contributed by atoms with Gasteiger partial charge in [-0.05, 0) is 28.7 Å². The molecule has 0 saturated heterocycles. The summed E-state index contributed by atoms with van der Waals surface area (Å²) in [5.74, 6) is -1.04. The van der Waals surface area contributed by atoms with E-state index in [1.165, 1.54) is 25.7 Å². The van der Waals surface area contributed by atoms with Crippen LogP contribution in [0.1, 0.15) is 105 Å². The van der Waals surface area contributed by atoms with Crippen LogP contribution in [-0.4, -0.2) is 18.2 Å². The molecule has 44 heavy (non-hydrogen) atoms. The number of rotatable bonds is 18. The van der Waals surface area contributed by atoms with E-state index in [1.54, 1.807) is 0 Å². The molecule has 0 aliphatic carbocycles. The molecule has 0 saturated carbocycles. The van der Waals surface area contributed by atoms with Gasteiger partial charge in [0.2, 0.25) is 6.29 Å². The van der Waals surface area contributed by atoms with E-state index in [1.807, 2.05) is 121 Å². The number of carbonyl (C=O) groups is 2. The molecule has 0 aliphatic heterocycles. The van der Waals surface area contributed by atoms with Crippen LogP contribution in [0.3, 0.4) is 0 Å². The van der Waals surface area contributed by atoms with Crippen LogP contribution in [0, 0.1) is 0 Å². The van der Waals surface area contributed by atoms with Crippen molar-refractivity contribution in [3.63, 3.8) is 0 Å². The summed E-state index contributed by atoms with van der Waals surface area (Å²) in [7, 11) is 0. The van der Waals surface area contributed by atoms with E-state index < -0.39 is 6.29 Å². The molecule has 0 bridgehead atoms. The third kappa shape index (κ3) is 10.8. The first-order valence-corrected chi connectivity index (χ1v) is 16.2. The summed E-state index contributed by atoms with van der Waals surface area (Å²) in [4.78, 5) is 26.9. The first kappa shape index (κ1) is 32.7. The fourth-order valence-electron chi connectivity index (χ4n) is 5.73. The second kappa shape index (κ2) is 18.5. The van der Waals surface area contributed by atoms with E-state index in [2.05, 4.69) is 6.92 Å². The summed E-state index contributed by atoms with van der Waals surface area (Å²) in [5.41, 5.74) is 4.18. The number of ether oxygens (including phenoxy) is 2. The zero-order valence-electron chi connectivity index (χ0n) is 26.0. The number of unbranched alkanes of at least 4 members (excludes halogenated alkanes) is 6. The lowest BCUT2D eigenvalue weighted by molar-refractivity contribution is -0.189. The molecule has 0 atom stereocenters. The van der Waals surface area contributed by atoms with Crippen molar-refractivity contribution in [1.82, 2.24) is 0 Å². The Bertz CT molecular complexity index is 1180. The molecule has 230 valence electrons. The van der Waals surface area contributed by atoms with E-state index in [4.69, 9.17) is 9.47 Å². The van der Waals surface area contributed by atoms with Crippen LogP contribution in [0.15, 0.2) is 121 Å². The Balaban J connectivity index is 1.45. The second-order valence-corrected chi connectivity index (χ2v) is 11.5. The van der Waals surface area contributed by atoms with E-state index in [9.17, 15) is 9.59 Å². The van der Waals surface area contributed by atoms with Gasteiger partial charge in [0.05, 0.1) is 12.8 Å². The van der Waals surface area contributed by atoms with Crippen LogP contribution >= 0.6 is 0 Å². The van der Waals surface area contributed by atoms with Crippen molar-refractivity contribution in [2.75, 3.05) is 0 Å². The highest BCUT2D eigenvalue weighted by Crippen LogP contribution is 2.30. The largest absolute Gasteiger partial charge is 0.425 e. The molecule has 4 nitrogen and oxygen atoms in total. The predicted molar refractivity (Wildman–Crippen MR) is 177 cm³/mol. The third-order valence-electron chi connectivity index (χ3n) is 8.12. The van der Waals surface area contributed by atoms with Gasteiger partial charge in [-0.3, -0.25) is 9.59 Å². The van der Waals surface area contributed by atoms with Gasteiger partial charge in [-0.1, -0.05) is 167 Å². The fourth-order valence-corrected chi connectivity index (χ4v) is 5.73. The van der Waals surface area contributed by atoms with Gasteiger partial charge in [0, 0.05) is 18.3 Å². The van der Waals surface area contributed by atoms with Crippen LogP contribution < -0.4 is 0 Å². The molecule has 0 unspecified atom stereocenters. The summed E-state index contributed by atoms with van der Waals surface area (Å²) in [6.07, 6.45) is 7.79. The zero-order valence-corrected chi connectivity index (χ0v) is 26.0. The first-order valence-electron chi connectivity index (χ1n) is 16.2. The van der Waals surface area contributed by atoms with Crippen LogP contribution in [0.25, 0.3) is 0 Å². The molecular formula is C40H46O4. The maximum atomic E-state index is 13.5. The van der Waals surface area contributed by atoms with E-state index in [0.717, 1.165) is 41.5 Å². The summed E-state index contributed by atoms with van der Waals surface area (Å²) in [6, 6.07) is 40.0. The molecule has 0 amide bonds. The minimum Gasteiger partial charge on any atom is -0.425 e. The van der Waals surface area contributed by atoms with Crippen LogP contribution in [0.2, 0.25) is 0 Å². The van der Waals surface area contributed by atoms with Crippen LogP contribution in [-0.2, 0) is 19.1 Å². The van der Waals surface area contributed by atoms with Crippen molar-refractivity contribution >= 4 is 11.9 Å². The minimum atomic E-state index is -0.912. The van der Waals surface area contributed by atoms with Crippen molar-refractivity contribution in [2.45, 2.75) is 89.3 Å². The monoisotopic (exact) mass is 590 g/mol. The number of benzene rings is 4. The van der Waals surface area contributed by atoms with Gasteiger partial charge in [-0.25, -0.2) is 0 Å². The summed E-state index contributed by atoms with van der Waals surface area (Å²) >= 11 is 0. The Labute approximate surface area is 263 Å². The molecule has 4 rings (SSSR count). The van der Waals surface area contributed by atoms with Gasteiger partial charge in [0.25, 0.3) is 0 Å². The zero-order chi connectivity index (χ0) is 30.8. The molecule has 0 N–H and O–H groups in total. The summed E-state index contributed by atoms with van der Waals surface area (Å²) < 4.78 is 11.9. The number of esters is 2. The summed E-state index contributed by atoms with van der Waals surface area (Å²) in [5, 5.41) is 0. The average molecular weight is 591 g/mol. The van der Waals surface area contributed by atoms with Crippen molar-refractivity contribution in [1.29, 1.82) is 0 Å².